The SMILES string of the molecule is CC12CC[C@@H]3C(=O)CCC(O)CC(=O)CC[C@H]3C1(O)CCC2C1=CC(=O)OC1. The number of hydrogen-bond acceptors (Lipinski definition) is 6. The Balaban J connectivity index is 1.65. The molecule has 0 amide bonds. The first kappa shape index (κ1) is 19.8. The molecular weight excluding hydrogens is 360 g/mol. The van der Waals surface area contributed by atoms with Gasteiger partial charge in [-0.1, -0.05) is 6.92 Å². The second kappa shape index (κ2) is 7.06. The van der Waals surface area contributed by atoms with E-state index in [1.165, 1.54) is 0 Å². The minimum absolute atomic E-state index is 0.00326. The third-order valence-electron chi connectivity index (χ3n) is 8.11. The van der Waals surface area contributed by atoms with Crippen LogP contribution in [-0.2, 0) is 19.1 Å². The van der Waals surface area contributed by atoms with Gasteiger partial charge in [0.2, 0.25) is 0 Å². The molecule has 0 aromatic rings. The van der Waals surface area contributed by atoms with Crippen LogP contribution < -0.4 is 0 Å². The van der Waals surface area contributed by atoms with Crippen LogP contribution in [0.4, 0.5) is 0 Å². The zero-order chi connectivity index (χ0) is 20.1. The first-order valence-electron chi connectivity index (χ1n) is 10.6. The molecule has 154 valence electrons. The van der Waals surface area contributed by atoms with Crippen LogP contribution in [0.15, 0.2) is 11.6 Å². The summed E-state index contributed by atoms with van der Waals surface area (Å²) in [7, 11) is 0. The maximum atomic E-state index is 12.9. The van der Waals surface area contributed by atoms with Crippen molar-refractivity contribution in [3.05, 3.63) is 11.6 Å². The van der Waals surface area contributed by atoms with Gasteiger partial charge in [0.25, 0.3) is 0 Å². The normalized spacial score (nSPS) is 44.5. The minimum Gasteiger partial charge on any atom is -0.458 e. The molecule has 3 aliphatic carbocycles. The Kier molecular flexibility index (Phi) is 4.99. The Labute approximate surface area is 165 Å². The molecule has 0 aromatic heterocycles. The molecule has 0 radical (unpaired) electrons. The van der Waals surface area contributed by atoms with Crippen LogP contribution in [0.3, 0.4) is 0 Å². The number of Topliss-reactive ketones (excluding diaryl/α,β-unsaturated/α-hetero) is 2. The van der Waals surface area contributed by atoms with Gasteiger partial charge in [-0.2, -0.15) is 0 Å². The van der Waals surface area contributed by atoms with Gasteiger partial charge in [0, 0.05) is 36.7 Å². The fourth-order valence-corrected chi connectivity index (χ4v) is 6.55. The van der Waals surface area contributed by atoms with Gasteiger partial charge in [-0.25, -0.2) is 4.79 Å². The van der Waals surface area contributed by atoms with Crippen LogP contribution in [0.1, 0.15) is 64.7 Å². The molecule has 6 heteroatoms. The van der Waals surface area contributed by atoms with E-state index in [1.54, 1.807) is 6.08 Å². The molecule has 6 atom stereocenters. The van der Waals surface area contributed by atoms with Crippen molar-refractivity contribution in [1.82, 2.24) is 0 Å². The first-order chi connectivity index (χ1) is 13.2. The summed E-state index contributed by atoms with van der Waals surface area (Å²) in [4.78, 5) is 36.8. The van der Waals surface area contributed by atoms with E-state index in [-0.39, 0.29) is 48.1 Å². The van der Waals surface area contributed by atoms with E-state index in [2.05, 4.69) is 6.92 Å². The number of esters is 1. The fraction of sp³-hybridized carbons (Fsp3) is 0.773. The Hall–Kier alpha value is -1.53. The molecule has 0 saturated heterocycles. The van der Waals surface area contributed by atoms with Gasteiger partial charge in [-0.3, -0.25) is 9.59 Å². The molecule has 4 rings (SSSR count). The average molecular weight is 390 g/mol. The van der Waals surface area contributed by atoms with E-state index in [0.717, 1.165) is 12.0 Å². The highest BCUT2D eigenvalue weighted by atomic mass is 16.5. The molecule has 0 bridgehead atoms. The zero-order valence-electron chi connectivity index (χ0n) is 16.5. The summed E-state index contributed by atoms with van der Waals surface area (Å²) in [5.74, 6) is -0.653. The van der Waals surface area contributed by atoms with Crippen molar-refractivity contribution in [1.29, 1.82) is 0 Å². The second-order valence-corrected chi connectivity index (χ2v) is 9.45. The van der Waals surface area contributed by atoms with E-state index in [9.17, 15) is 24.6 Å². The molecule has 4 unspecified atom stereocenters. The van der Waals surface area contributed by atoms with Gasteiger partial charge in [-0.05, 0) is 55.9 Å². The Bertz CT molecular complexity index is 727. The lowest BCUT2D eigenvalue weighted by molar-refractivity contribution is -0.168. The quantitative estimate of drug-likeness (QED) is 0.665. The molecule has 3 saturated carbocycles. The summed E-state index contributed by atoms with van der Waals surface area (Å²) in [5.41, 5.74) is -0.505. The molecule has 2 N–H and O–H groups in total. The fourth-order valence-electron chi connectivity index (χ4n) is 6.55. The summed E-state index contributed by atoms with van der Waals surface area (Å²) in [5, 5.41) is 21.9. The Morgan fingerprint density at radius 3 is 2.57 bits per heavy atom. The molecule has 4 aliphatic rings. The van der Waals surface area contributed by atoms with E-state index >= 15 is 0 Å². The summed E-state index contributed by atoms with van der Waals surface area (Å²) in [6, 6.07) is 0. The van der Waals surface area contributed by atoms with E-state index < -0.39 is 17.1 Å². The second-order valence-electron chi connectivity index (χ2n) is 9.45. The van der Waals surface area contributed by atoms with Gasteiger partial charge in [0.15, 0.2) is 0 Å². The standard InChI is InChI=1S/C22H30O6/c1-21-8-6-16-18(4-2-14(23)11-15(24)3-5-19(16)25)22(21,27)9-7-17(21)13-10-20(26)28-12-13/h10,15-18,24,27H,2-9,11-12H2,1H3/t15?,16-,17?,18+,21?,22?/m0/s1. The largest absolute Gasteiger partial charge is 0.458 e. The maximum absolute atomic E-state index is 12.9. The van der Waals surface area contributed by atoms with Crippen molar-refractivity contribution in [3.8, 4) is 0 Å². The van der Waals surface area contributed by atoms with Crippen LogP contribution >= 0.6 is 0 Å². The number of carbonyl (C=O) groups excluding carboxylic acids is 3. The van der Waals surface area contributed by atoms with Crippen LogP contribution in [0.5, 0.6) is 0 Å². The van der Waals surface area contributed by atoms with Crippen molar-refractivity contribution in [3.63, 3.8) is 0 Å². The third kappa shape index (κ3) is 3.05. The summed E-state index contributed by atoms with van der Waals surface area (Å²) in [6.07, 6.45) is 5.00. The number of ether oxygens (including phenoxy) is 1. The number of ketones is 2. The van der Waals surface area contributed by atoms with E-state index in [0.29, 0.717) is 45.1 Å². The number of rotatable bonds is 1. The monoisotopic (exact) mass is 390 g/mol. The number of aliphatic hydroxyl groups is 2. The van der Waals surface area contributed by atoms with Crippen LogP contribution in [0.2, 0.25) is 0 Å². The molecule has 1 aliphatic heterocycles. The van der Waals surface area contributed by atoms with Crippen molar-refractivity contribution in [2.45, 2.75) is 76.4 Å². The third-order valence-corrected chi connectivity index (χ3v) is 8.11. The number of aliphatic hydroxyl groups excluding tert-OH is 1. The summed E-state index contributed by atoms with van der Waals surface area (Å²) in [6.45, 7) is 2.37. The number of cyclic esters (lactones) is 1. The highest BCUT2D eigenvalue weighted by Crippen LogP contribution is 2.64. The molecule has 0 aromatic carbocycles. The molecule has 28 heavy (non-hydrogen) atoms. The molecule has 0 spiro atoms. The molecule has 6 nitrogen and oxygen atoms in total. The van der Waals surface area contributed by atoms with Gasteiger partial charge < -0.3 is 14.9 Å². The van der Waals surface area contributed by atoms with Crippen molar-refractivity contribution < 1.29 is 29.3 Å². The smallest absolute Gasteiger partial charge is 0.331 e. The van der Waals surface area contributed by atoms with Crippen LogP contribution in [0, 0.1) is 23.2 Å². The number of hydrogen-bond donors (Lipinski definition) is 2. The molecule has 3 fully saturated rings. The predicted molar refractivity (Wildman–Crippen MR) is 100 cm³/mol. The zero-order valence-corrected chi connectivity index (χ0v) is 16.5. The lowest BCUT2D eigenvalue weighted by Gasteiger charge is -2.54. The van der Waals surface area contributed by atoms with Crippen LogP contribution in [0.25, 0.3) is 0 Å². The number of carbonyl (C=O) groups is 3. The van der Waals surface area contributed by atoms with Gasteiger partial charge in [0.1, 0.15) is 18.2 Å². The minimum atomic E-state index is -1.03. The highest BCUT2D eigenvalue weighted by molar-refractivity contribution is 5.85. The van der Waals surface area contributed by atoms with E-state index in [1.807, 2.05) is 0 Å². The lowest BCUT2D eigenvalue weighted by Crippen LogP contribution is -2.58. The molecule has 1 heterocycles. The molecular formula is C22H30O6. The van der Waals surface area contributed by atoms with Gasteiger partial charge in [0.05, 0.1) is 11.7 Å². The number of fused-ring (bicyclic) bond motifs is 3. The first-order valence-corrected chi connectivity index (χ1v) is 10.6. The summed E-state index contributed by atoms with van der Waals surface area (Å²) >= 11 is 0. The average Bonchev–Trinajstić information content (AvgIpc) is 3.17. The summed E-state index contributed by atoms with van der Waals surface area (Å²) < 4.78 is 5.11. The highest BCUT2D eigenvalue weighted by Gasteiger charge is 2.64. The Morgan fingerprint density at radius 1 is 1.07 bits per heavy atom. The van der Waals surface area contributed by atoms with E-state index in [4.69, 9.17) is 4.74 Å². The van der Waals surface area contributed by atoms with Gasteiger partial charge in [-0.15, -0.1) is 0 Å². The van der Waals surface area contributed by atoms with Crippen molar-refractivity contribution in [2.75, 3.05) is 6.61 Å². The topological polar surface area (TPSA) is 101 Å². The van der Waals surface area contributed by atoms with Crippen molar-refractivity contribution in [2.24, 2.45) is 23.2 Å². The van der Waals surface area contributed by atoms with Crippen molar-refractivity contribution >= 4 is 17.5 Å². The van der Waals surface area contributed by atoms with Gasteiger partial charge >= 0.3 is 5.97 Å². The van der Waals surface area contributed by atoms with Crippen LogP contribution in [-0.4, -0.2) is 46.1 Å². The predicted octanol–water partition coefficient (Wildman–Crippen LogP) is 2.11. The lowest BCUT2D eigenvalue weighted by atomic mass is 9.52. The maximum Gasteiger partial charge on any atom is 0.331 e. The Morgan fingerprint density at radius 2 is 1.86 bits per heavy atom.